The molecule has 1 aromatic rings. The Bertz CT molecular complexity index is 537. The van der Waals surface area contributed by atoms with Crippen LogP contribution in [0.15, 0.2) is 18.2 Å². The molecule has 4 heteroatoms. The Morgan fingerprint density at radius 2 is 2.05 bits per heavy atom. The van der Waals surface area contributed by atoms with E-state index in [9.17, 15) is 14.7 Å². The zero-order valence-electron chi connectivity index (χ0n) is 12.2. The number of benzene rings is 1. The number of carbonyl (C=O) groups excluding carboxylic acids is 1. The van der Waals surface area contributed by atoms with Gasteiger partial charge >= 0.3 is 5.97 Å². The number of aryl methyl sites for hydroxylation is 1. The van der Waals surface area contributed by atoms with Crippen LogP contribution in [0.3, 0.4) is 0 Å². The van der Waals surface area contributed by atoms with Crippen LogP contribution in [0, 0.1) is 6.92 Å². The van der Waals surface area contributed by atoms with Gasteiger partial charge in [0.25, 0.3) is 5.91 Å². The highest BCUT2D eigenvalue weighted by atomic mass is 16.4. The third kappa shape index (κ3) is 2.69. The molecule has 0 spiro atoms. The Labute approximate surface area is 119 Å². The highest BCUT2D eigenvalue weighted by Crippen LogP contribution is 2.24. The van der Waals surface area contributed by atoms with Crippen LogP contribution in [-0.4, -0.2) is 34.5 Å². The molecule has 1 aliphatic rings. The van der Waals surface area contributed by atoms with Gasteiger partial charge in [0.15, 0.2) is 0 Å². The summed E-state index contributed by atoms with van der Waals surface area (Å²) in [5.41, 5.74) is 2.63. The van der Waals surface area contributed by atoms with E-state index in [1.54, 1.807) is 0 Å². The monoisotopic (exact) mass is 275 g/mol. The average molecular weight is 275 g/mol. The van der Waals surface area contributed by atoms with E-state index >= 15 is 0 Å². The van der Waals surface area contributed by atoms with Crippen LogP contribution in [0.4, 0.5) is 0 Å². The van der Waals surface area contributed by atoms with E-state index in [0.717, 1.165) is 17.5 Å². The molecule has 1 unspecified atom stereocenters. The van der Waals surface area contributed by atoms with Crippen molar-refractivity contribution in [2.45, 2.75) is 45.6 Å². The lowest BCUT2D eigenvalue weighted by Gasteiger charge is -2.23. The van der Waals surface area contributed by atoms with Gasteiger partial charge in [-0.25, -0.2) is 4.79 Å². The standard InChI is InChI=1S/C16H21NO3/c1-10(2)12-7-6-11(3)13(9-12)15(18)17-8-4-5-14(17)16(19)20/h6-7,9-10,14H,4-5,8H2,1-3H3,(H,19,20). The number of carbonyl (C=O) groups is 2. The summed E-state index contributed by atoms with van der Waals surface area (Å²) in [5.74, 6) is -0.723. The average Bonchev–Trinajstić information content (AvgIpc) is 2.87. The summed E-state index contributed by atoms with van der Waals surface area (Å²) in [5, 5.41) is 9.20. The van der Waals surface area contributed by atoms with E-state index in [-0.39, 0.29) is 5.91 Å². The summed E-state index contributed by atoms with van der Waals surface area (Å²) in [6.07, 6.45) is 1.30. The van der Waals surface area contributed by atoms with Crippen LogP contribution in [0.25, 0.3) is 0 Å². The fraction of sp³-hybridized carbons (Fsp3) is 0.500. The number of hydrogen-bond donors (Lipinski definition) is 1. The van der Waals surface area contributed by atoms with Gasteiger partial charge in [-0.15, -0.1) is 0 Å². The Hall–Kier alpha value is -1.84. The second-order valence-corrected chi connectivity index (χ2v) is 5.72. The number of carboxylic acids is 1. The lowest BCUT2D eigenvalue weighted by molar-refractivity contribution is -0.141. The van der Waals surface area contributed by atoms with E-state index in [0.29, 0.717) is 24.4 Å². The van der Waals surface area contributed by atoms with Crippen molar-refractivity contribution in [1.82, 2.24) is 4.90 Å². The van der Waals surface area contributed by atoms with Crippen molar-refractivity contribution in [3.05, 3.63) is 34.9 Å². The van der Waals surface area contributed by atoms with Crippen LogP contribution >= 0.6 is 0 Å². The minimum absolute atomic E-state index is 0.157. The maximum absolute atomic E-state index is 12.6. The largest absolute Gasteiger partial charge is 0.480 e. The van der Waals surface area contributed by atoms with Crippen molar-refractivity contribution in [1.29, 1.82) is 0 Å². The number of amides is 1. The van der Waals surface area contributed by atoms with Gasteiger partial charge in [0.05, 0.1) is 0 Å². The van der Waals surface area contributed by atoms with Crippen LogP contribution in [-0.2, 0) is 4.79 Å². The zero-order chi connectivity index (χ0) is 14.9. The molecule has 1 atom stereocenters. The fourth-order valence-electron chi connectivity index (χ4n) is 2.65. The predicted molar refractivity (Wildman–Crippen MR) is 77.0 cm³/mol. The summed E-state index contributed by atoms with van der Waals surface area (Å²) in [6, 6.07) is 5.19. The lowest BCUT2D eigenvalue weighted by atomic mass is 9.97. The number of aliphatic carboxylic acids is 1. The Balaban J connectivity index is 2.33. The first kappa shape index (κ1) is 14.6. The molecule has 1 amide bonds. The van der Waals surface area contributed by atoms with Gasteiger partial charge in [0.2, 0.25) is 0 Å². The fourth-order valence-corrected chi connectivity index (χ4v) is 2.65. The highest BCUT2D eigenvalue weighted by Gasteiger charge is 2.34. The summed E-state index contributed by atoms with van der Waals surface area (Å²) >= 11 is 0. The van der Waals surface area contributed by atoms with Crippen LogP contribution in [0.1, 0.15) is 54.1 Å². The maximum atomic E-state index is 12.6. The zero-order valence-corrected chi connectivity index (χ0v) is 12.2. The number of hydrogen-bond acceptors (Lipinski definition) is 2. The first-order chi connectivity index (χ1) is 9.41. The van der Waals surface area contributed by atoms with Gasteiger partial charge in [0.1, 0.15) is 6.04 Å². The second-order valence-electron chi connectivity index (χ2n) is 5.72. The molecule has 108 valence electrons. The molecular weight excluding hydrogens is 254 g/mol. The summed E-state index contributed by atoms with van der Waals surface area (Å²) < 4.78 is 0. The lowest BCUT2D eigenvalue weighted by Crippen LogP contribution is -2.40. The molecule has 0 aliphatic carbocycles. The van der Waals surface area contributed by atoms with E-state index in [1.165, 1.54) is 4.90 Å². The summed E-state index contributed by atoms with van der Waals surface area (Å²) in [6.45, 7) is 6.58. The summed E-state index contributed by atoms with van der Waals surface area (Å²) in [4.78, 5) is 25.3. The molecule has 1 N–H and O–H groups in total. The molecule has 1 saturated heterocycles. The molecule has 0 radical (unpaired) electrons. The number of nitrogens with zero attached hydrogens (tertiary/aromatic N) is 1. The van der Waals surface area contributed by atoms with Gasteiger partial charge in [-0.3, -0.25) is 4.79 Å². The Morgan fingerprint density at radius 3 is 2.65 bits per heavy atom. The molecule has 0 aromatic heterocycles. The predicted octanol–water partition coefficient (Wildman–Crippen LogP) is 2.81. The Kier molecular flexibility index (Phi) is 4.12. The molecule has 20 heavy (non-hydrogen) atoms. The molecule has 1 aliphatic heterocycles. The topological polar surface area (TPSA) is 57.6 Å². The number of likely N-dealkylation sites (tertiary alicyclic amines) is 1. The van der Waals surface area contributed by atoms with Gasteiger partial charge in [0, 0.05) is 12.1 Å². The SMILES string of the molecule is Cc1ccc(C(C)C)cc1C(=O)N1CCCC1C(=O)O. The number of rotatable bonds is 3. The quantitative estimate of drug-likeness (QED) is 0.922. The van der Waals surface area contributed by atoms with Crippen molar-refractivity contribution in [3.63, 3.8) is 0 Å². The number of carboxylic acid groups (broad SMARTS) is 1. The van der Waals surface area contributed by atoms with Gasteiger partial charge in [-0.2, -0.15) is 0 Å². The van der Waals surface area contributed by atoms with Crippen LogP contribution < -0.4 is 0 Å². The van der Waals surface area contributed by atoms with Gasteiger partial charge in [-0.05, 0) is 42.9 Å². The second kappa shape index (κ2) is 5.65. The minimum atomic E-state index is -0.909. The smallest absolute Gasteiger partial charge is 0.326 e. The van der Waals surface area contributed by atoms with E-state index in [2.05, 4.69) is 13.8 Å². The molecule has 4 nitrogen and oxygen atoms in total. The van der Waals surface area contributed by atoms with Crippen molar-refractivity contribution < 1.29 is 14.7 Å². The summed E-state index contributed by atoms with van der Waals surface area (Å²) in [7, 11) is 0. The molecule has 0 bridgehead atoms. The van der Waals surface area contributed by atoms with E-state index < -0.39 is 12.0 Å². The molecular formula is C16H21NO3. The molecule has 1 aromatic carbocycles. The van der Waals surface area contributed by atoms with E-state index in [4.69, 9.17) is 0 Å². The Morgan fingerprint density at radius 1 is 1.35 bits per heavy atom. The first-order valence-corrected chi connectivity index (χ1v) is 7.06. The third-order valence-electron chi connectivity index (χ3n) is 3.96. The van der Waals surface area contributed by atoms with Crippen molar-refractivity contribution in [2.24, 2.45) is 0 Å². The first-order valence-electron chi connectivity index (χ1n) is 7.06. The normalized spacial score (nSPS) is 18.6. The van der Waals surface area contributed by atoms with Gasteiger partial charge in [-0.1, -0.05) is 26.0 Å². The van der Waals surface area contributed by atoms with E-state index in [1.807, 2.05) is 25.1 Å². The van der Waals surface area contributed by atoms with Crippen LogP contribution in [0.5, 0.6) is 0 Å². The van der Waals surface area contributed by atoms with Crippen molar-refractivity contribution in [2.75, 3.05) is 6.54 Å². The highest BCUT2D eigenvalue weighted by molar-refractivity contribution is 5.98. The van der Waals surface area contributed by atoms with Crippen molar-refractivity contribution in [3.8, 4) is 0 Å². The molecule has 1 heterocycles. The van der Waals surface area contributed by atoms with Gasteiger partial charge < -0.3 is 10.0 Å². The molecule has 0 saturated carbocycles. The third-order valence-corrected chi connectivity index (χ3v) is 3.96. The van der Waals surface area contributed by atoms with Crippen LogP contribution in [0.2, 0.25) is 0 Å². The van der Waals surface area contributed by atoms with Crippen molar-refractivity contribution >= 4 is 11.9 Å². The maximum Gasteiger partial charge on any atom is 0.326 e. The minimum Gasteiger partial charge on any atom is -0.480 e. The molecule has 1 fully saturated rings. The molecule has 2 rings (SSSR count).